The number of hydrogen-bond acceptors (Lipinski definition) is 4. The van der Waals surface area contributed by atoms with E-state index in [1.54, 1.807) is 13.3 Å². The molecule has 0 unspecified atom stereocenters. The molecule has 1 aliphatic rings. The van der Waals surface area contributed by atoms with Crippen LogP contribution in [0.15, 0.2) is 40.9 Å². The molecule has 0 radical (unpaired) electrons. The predicted molar refractivity (Wildman–Crippen MR) is 87.5 cm³/mol. The largest absolute Gasteiger partial charge is 0.464 e. The van der Waals surface area contributed by atoms with E-state index in [0.29, 0.717) is 18.3 Å². The molecule has 0 spiro atoms. The van der Waals surface area contributed by atoms with Gasteiger partial charge in [0.05, 0.1) is 18.3 Å². The number of aromatic nitrogens is 1. The Morgan fingerprint density at radius 1 is 1.36 bits per heavy atom. The van der Waals surface area contributed by atoms with Crippen LogP contribution in [-0.2, 0) is 4.74 Å². The molecule has 2 aromatic rings. The number of nitrogens with zero attached hydrogens (tertiary/aromatic N) is 2. The molecule has 0 aromatic carbocycles. The smallest absolute Gasteiger partial charge is 0.170 e. The number of aryl methyl sites for hydroxylation is 1. The molecule has 3 heterocycles. The van der Waals surface area contributed by atoms with E-state index in [4.69, 9.17) is 21.4 Å². The third-order valence-corrected chi connectivity index (χ3v) is 4.14. The maximum absolute atomic E-state index is 5.87. The number of thiocarbonyl (C=S) groups is 1. The van der Waals surface area contributed by atoms with Crippen molar-refractivity contribution in [2.45, 2.75) is 19.0 Å². The predicted octanol–water partition coefficient (Wildman–Crippen LogP) is 2.60. The molecular formula is C16H19N3O2S. The summed E-state index contributed by atoms with van der Waals surface area (Å²) in [6.45, 7) is 3.25. The first-order valence-electron chi connectivity index (χ1n) is 7.24. The number of furan rings is 1. The van der Waals surface area contributed by atoms with E-state index in [1.807, 2.05) is 37.3 Å². The molecule has 0 saturated carbocycles. The standard InChI is InChI=1S/C16H19N3O2S/c1-11-6-7-13(21-11)15-14(12-5-3-4-8-17-12)18-16(22)19(15)9-10-20-2/h3-8,14-15H,9-10H2,1-2H3,(H,18,22)/t14-,15+/m0/s1. The zero-order chi connectivity index (χ0) is 15.5. The van der Waals surface area contributed by atoms with Gasteiger partial charge in [-0.2, -0.15) is 0 Å². The van der Waals surface area contributed by atoms with Crippen LogP contribution in [0.3, 0.4) is 0 Å². The summed E-state index contributed by atoms with van der Waals surface area (Å²) in [5.74, 6) is 1.77. The van der Waals surface area contributed by atoms with Crippen molar-refractivity contribution in [2.75, 3.05) is 20.3 Å². The highest BCUT2D eigenvalue weighted by molar-refractivity contribution is 7.80. The van der Waals surface area contributed by atoms with Gasteiger partial charge >= 0.3 is 0 Å². The van der Waals surface area contributed by atoms with Gasteiger partial charge in [0.15, 0.2) is 5.11 Å². The molecule has 2 aromatic heterocycles. The molecule has 1 aliphatic heterocycles. The van der Waals surface area contributed by atoms with E-state index in [-0.39, 0.29) is 12.1 Å². The normalized spacial score (nSPS) is 21.2. The molecular weight excluding hydrogens is 298 g/mol. The number of hydrogen-bond donors (Lipinski definition) is 1. The van der Waals surface area contributed by atoms with Crippen LogP contribution < -0.4 is 5.32 Å². The van der Waals surface area contributed by atoms with Crippen molar-refractivity contribution in [1.29, 1.82) is 0 Å². The zero-order valence-corrected chi connectivity index (χ0v) is 13.5. The number of pyridine rings is 1. The lowest BCUT2D eigenvalue weighted by molar-refractivity contribution is 0.158. The van der Waals surface area contributed by atoms with Crippen molar-refractivity contribution in [1.82, 2.24) is 15.2 Å². The van der Waals surface area contributed by atoms with E-state index >= 15 is 0 Å². The Morgan fingerprint density at radius 3 is 2.86 bits per heavy atom. The molecule has 0 amide bonds. The first-order valence-corrected chi connectivity index (χ1v) is 7.65. The Kier molecular flexibility index (Phi) is 4.40. The maximum atomic E-state index is 5.87. The van der Waals surface area contributed by atoms with E-state index in [2.05, 4.69) is 15.2 Å². The highest BCUT2D eigenvalue weighted by Crippen LogP contribution is 2.38. The van der Waals surface area contributed by atoms with E-state index in [1.165, 1.54) is 0 Å². The van der Waals surface area contributed by atoms with Crippen LogP contribution in [-0.4, -0.2) is 35.3 Å². The molecule has 0 aliphatic carbocycles. The lowest BCUT2D eigenvalue weighted by Gasteiger charge is -2.25. The first-order chi connectivity index (χ1) is 10.7. The third-order valence-electron chi connectivity index (χ3n) is 3.79. The summed E-state index contributed by atoms with van der Waals surface area (Å²) >= 11 is 5.50. The Balaban J connectivity index is 1.96. The summed E-state index contributed by atoms with van der Waals surface area (Å²) in [5, 5.41) is 4.07. The fourth-order valence-corrected chi connectivity index (χ4v) is 3.09. The number of nitrogens with one attached hydrogen (secondary N) is 1. The van der Waals surface area contributed by atoms with Crippen molar-refractivity contribution in [2.24, 2.45) is 0 Å². The first kappa shape index (κ1) is 15.0. The quantitative estimate of drug-likeness (QED) is 0.856. The highest BCUT2D eigenvalue weighted by Gasteiger charge is 2.41. The molecule has 116 valence electrons. The average molecular weight is 317 g/mol. The molecule has 3 rings (SSSR count). The van der Waals surface area contributed by atoms with Crippen molar-refractivity contribution < 1.29 is 9.15 Å². The van der Waals surface area contributed by atoms with Gasteiger partial charge in [0.25, 0.3) is 0 Å². The van der Waals surface area contributed by atoms with Gasteiger partial charge in [0.1, 0.15) is 17.6 Å². The maximum Gasteiger partial charge on any atom is 0.170 e. The lowest BCUT2D eigenvalue weighted by atomic mass is 10.0. The molecule has 5 nitrogen and oxygen atoms in total. The molecule has 1 saturated heterocycles. The van der Waals surface area contributed by atoms with E-state index < -0.39 is 0 Å². The lowest BCUT2D eigenvalue weighted by Crippen LogP contribution is -2.32. The summed E-state index contributed by atoms with van der Waals surface area (Å²) in [5.41, 5.74) is 0.948. The van der Waals surface area contributed by atoms with Gasteiger partial charge < -0.3 is 19.4 Å². The fourth-order valence-electron chi connectivity index (χ4n) is 2.76. The number of methoxy groups -OCH3 is 1. The Morgan fingerprint density at radius 2 is 2.23 bits per heavy atom. The number of ether oxygens (including phenoxy) is 1. The molecule has 0 bridgehead atoms. The summed E-state index contributed by atoms with van der Waals surface area (Å²) < 4.78 is 11.1. The Hall–Kier alpha value is -1.92. The van der Waals surface area contributed by atoms with Gasteiger partial charge in [-0.1, -0.05) is 6.07 Å². The molecule has 1 N–H and O–H groups in total. The van der Waals surface area contributed by atoms with Crippen LogP contribution in [0.2, 0.25) is 0 Å². The van der Waals surface area contributed by atoms with Crippen LogP contribution in [0, 0.1) is 6.92 Å². The summed E-state index contributed by atoms with van der Waals surface area (Å²) in [6.07, 6.45) is 1.79. The Labute approximate surface area is 135 Å². The summed E-state index contributed by atoms with van der Waals surface area (Å²) in [4.78, 5) is 6.58. The minimum absolute atomic E-state index is 0.0220. The van der Waals surface area contributed by atoms with E-state index in [0.717, 1.165) is 17.2 Å². The second kappa shape index (κ2) is 6.46. The SMILES string of the molecule is COCCN1C(=S)N[C@@H](c2ccccn2)[C@H]1c1ccc(C)o1. The van der Waals surface area contributed by atoms with Crippen LogP contribution in [0.4, 0.5) is 0 Å². The Bertz CT molecular complexity index is 644. The van der Waals surface area contributed by atoms with Crippen molar-refractivity contribution in [3.63, 3.8) is 0 Å². The van der Waals surface area contributed by atoms with Crippen molar-refractivity contribution in [3.8, 4) is 0 Å². The van der Waals surface area contributed by atoms with Gasteiger partial charge in [0, 0.05) is 19.9 Å². The minimum atomic E-state index is -0.0314. The van der Waals surface area contributed by atoms with Gasteiger partial charge in [-0.3, -0.25) is 4.98 Å². The van der Waals surface area contributed by atoms with Crippen molar-refractivity contribution >= 4 is 17.3 Å². The molecule has 6 heteroatoms. The summed E-state index contributed by atoms with van der Waals surface area (Å²) in [7, 11) is 1.69. The zero-order valence-electron chi connectivity index (χ0n) is 12.7. The molecule has 22 heavy (non-hydrogen) atoms. The second-order valence-electron chi connectivity index (χ2n) is 5.26. The topological polar surface area (TPSA) is 50.5 Å². The fraction of sp³-hybridized carbons (Fsp3) is 0.375. The van der Waals surface area contributed by atoms with Crippen LogP contribution in [0.1, 0.15) is 29.3 Å². The monoisotopic (exact) mass is 317 g/mol. The van der Waals surface area contributed by atoms with Gasteiger partial charge in [-0.05, 0) is 43.4 Å². The summed E-state index contributed by atoms with van der Waals surface area (Å²) in [6, 6.07) is 9.82. The van der Waals surface area contributed by atoms with Crippen LogP contribution in [0.25, 0.3) is 0 Å². The van der Waals surface area contributed by atoms with Crippen LogP contribution in [0.5, 0.6) is 0 Å². The van der Waals surface area contributed by atoms with Gasteiger partial charge in [0.2, 0.25) is 0 Å². The highest BCUT2D eigenvalue weighted by atomic mass is 32.1. The van der Waals surface area contributed by atoms with Gasteiger partial charge in [-0.15, -0.1) is 0 Å². The molecule has 2 atom stereocenters. The third kappa shape index (κ3) is 2.84. The average Bonchev–Trinajstić information content (AvgIpc) is 3.09. The van der Waals surface area contributed by atoms with Crippen LogP contribution >= 0.6 is 12.2 Å². The van der Waals surface area contributed by atoms with Gasteiger partial charge in [-0.25, -0.2) is 0 Å². The molecule has 1 fully saturated rings. The second-order valence-corrected chi connectivity index (χ2v) is 5.65. The minimum Gasteiger partial charge on any atom is -0.464 e. The van der Waals surface area contributed by atoms with E-state index in [9.17, 15) is 0 Å². The number of rotatable bonds is 5. The van der Waals surface area contributed by atoms with Crippen molar-refractivity contribution in [3.05, 3.63) is 53.7 Å².